The molecule has 1 spiro atoms. The second kappa shape index (κ2) is 7.82. The van der Waals surface area contributed by atoms with Gasteiger partial charge in [0.1, 0.15) is 10.8 Å². The van der Waals surface area contributed by atoms with Crippen molar-refractivity contribution in [2.24, 2.45) is 11.1 Å². The molecule has 1 atom stereocenters. The summed E-state index contributed by atoms with van der Waals surface area (Å²) in [7, 11) is 0. The molecule has 1 amide bonds. The van der Waals surface area contributed by atoms with Gasteiger partial charge in [-0.2, -0.15) is 8.78 Å². The molecule has 2 saturated heterocycles. The molecular formula is C21H24F2N6O2S. The maximum Gasteiger partial charge on any atom is 0.293 e. The van der Waals surface area contributed by atoms with Gasteiger partial charge < -0.3 is 26.0 Å². The van der Waals surface area contributed by atoms with Gasteiger partial charge in [-0.05, 0) is 25.0 Å². The molecule has 11 heteroatoms. The van der Waals surface area contributed by atoms with Crippen LogP contribution in [0.25, 0.3) is 0 Å². The van der Waals surface area contributed by atoms with Gasteiger partial charge in [0.25, 0.3) is 5.92 Å². The minimum atomic E-state index is -3.14. The molecule has 0 aliphatic carbocycles. The van der Waals surface area contributed by atoms with Gasteiger partial charge in [0.15, 0.2) is 5.82 Å². The van der Waals surface area contributed by atoms with Crippen molar-refractivity contribution in [1.82, 2.24) is 9.97 Å². The van der Waals surface area contributed by atoms with Crippen LogP contribution in [0.2, 0.25) is 0 Å². The minimum absolute atomic E-state index is 0.0274. The van der Waals surface area contributed by atoms with E-state index in [9.17, 15) is 13.6 Å². The van der Waals surface area contributed by atoms with Crippen molar-refractivity contribution >= 4 is 35.5 Å². The fraction of sp³-hybridized carbons (Fsp3) is 0.476. The highest BCUT2D eigenvalue weighted by Crippen LogP contribution is 2.49. The van der Waals surface area contributed by atoms with Crippen molar-refractivity contribution in [2.75, 3.05) is 48.4 Å². The average Bonchev–Trinajstić information content (AvgIpc) is 3.27. The Morgan fingerprint density at radius 1 is 1.28 bits per heavy atom. The van der Waals surface area contributed by atoms with Gasteiger partial charge in [0, 0.05) is 29.4 Å². The number of hydrogen-bond acceptors (Lipinski definition) is 8. The van der Waals surface area contributed by atoms with Crippen molar-refractivity contribution in [1.29, 1.82) is 0 Å². The molecule has 4 heterocycles. The summed E-state index contributed by atoms with van der Waals surface area (Å²) in [6.07, 6.45) is 3.86. The Kier molecular flexibility index (Phi) is 5.22. The van der Waals surface area contributed by atoms with Gasteiger partial charge in [-0.15, -0.1) is 0 Å². The molecule has 2 fully saturated rings. The summed E-state index contributed by atoms with van der Waals surface area (Å²) >= 11 is 1.03. The largest absolute Gasteiger partial charge is 0.381 e. The van der Waals surface area contributed by atoms with E-state index in [-0.39, 0.29) is 28.5 Å². The van der Waals surface area contributed by atoms with Crippen molar-refractivity contribution in [2.45, 2.75) is 34.7 Å². The number of ether oxygens (including phenoxy) is 1. The number of nitrogen functional groups attached to an aromatic ring is 1. The van der Waals surface area contributed by atoms with Crippen LogP contribution in [-0.4, -0.2) is 55.3 Å². The Hall–Kier alpha value is -2.50. The van der Waals surface area contributed by atoms with E-state index in [0.29, 0.717) is 35.4 Å². The standard InChI is InChI=1S/C21H24F2N6O2S/c22-21(23)10-29(12-30)13-2-1-3-14(17(13)21)32-19-18(25)27-16(8-26-19)28-6-4-20(5-7-28)11-31-9-15(20)24/h1-3,8,12,15H,4-7,9-11,24H2,(H2,25,27). The number of nitrogens with zero attached hydrogens (tertiary/aromatic N) is 4. The fourth-order valence-corrected chi connectivity index (χ4v) is 5.74. The Balaban J connectivity index is 1.35. The highest BCUT2D eigenvalue weighted by atomic mass is 32.2. The lowest BCUT2D eigenvalue weighted by Gasteiger charge is -2.41. The third kappa shape index (κ3) is 3.48. The summed E-state index contributed by atoms with van der Waals surface area (Å²) in [6.45, 7) is 2.17. The number of hydrogen-bond donors (Lipinski definition) is 2. The zero-order chi connectivity index (χ0) is 22.5. The molecule has 3 aliphatic heterocycles. The predicted molar refractivity (Wildman–Crippen MR) is 117 cm³/mol. The van der Waals surface area contributed by atoms with Crippen LogP contribution >= 0.6 is 11.8 Å². The Labute approximate surface area is 188 Å². The number of amides is 1. The summed E-state index contributed by atoms with van der Waals surface area (Å²) in [6, 6.07) is 4.79. The van der Waals surface area contributed by atoms with E-state index in [2.05, 4.69) is 14.9 Å². The molecule has 0 bridgehead atoms. The summed E-state index contributed by atoms with van der Waals surface area (Å²) in [4.78, 5) is 23.5. The first-order chi connectivity index (χ1) is 15.3. The average molecular weight is 463 g/mol. The maximum absolute atomic E-state index is 14.6. The number of fused-ring (bicyclic) bond motifs is 1. The van der Waals surface area contributed by atoms with Crippen LogP contribution in [0, 0.1) is 5.41 Å². The number of benzene rings is 1. The topological polar surface area (TPSA) is 111 Å². The van der Waals surface area contributed by atoms with Gasteiger partial charge in [-0.25, -0.2) is 9.97 Å². The third-order valence-electron chi connectivity index (χ3n) is 6.69. The van der Waals surface area contributed by atoms with Crippen LogP contribution in [0.1, 0.15) is 18.4 Å². The number of aromatic nitrogens is 2. The molecular weight excluding hydrogens is 438 g/mol. The lowest BCUT2D eigenvalue weighted by molar-refractivity contribution is -0.108. The van der Waals surface area contributed by atoms with Crippen molar-refractivity contribution in [3.63, 3.8) is 0 Å². The summed E-state index contributed by atoms with van der Waals surface area (Å²) in [5, 5.41) is 0.349. The van der Waals surface area contributed by atoms with Crippen LogP contribution < -0.4 is 21.3 Å². The zero-order valence-corrected chi connectivity index (χ0v) is 18.2. The van der Waals surface area contributed by atoms with Gasteiger partial charge >= 0.3 is 0 Å². The molecule has 2 aromatic rings. The van der Waals surface area contributed by atoms with Crippen LogP contribution in [0.5, 0.6) is 0 Å². The zero-order valence-electron chi connectivity index (χ0n) is 17.3. The number of halogens is 2. The smallest absolute Gasteiger partial charge is 0.293 e. The van der Waals surface area contributed by atoms with Gasteiger partial charge in [-0.3, -0.25) is 4.79 Å². The predicted octanol–water partition coefficient (Wildman–Crippen LogP) is 2.22. The molecule has 1 aromatic carbocycles. The van der Waals surface area contributed by atoms with Gasteiger partial charge in [0.05, 0.1) is 37.2 Å². The van der Waals surface area contributed by atoms with Crippen LogP contribution in [0.4, 0.5) is 26.1 Å². The Bertz CT molecular complexity index is 1050. The highest BCUT2D eigenvalue weighted by Gasteiger charge is 2.46. The lowest BCUT2D eigenvalue weighted by Crippen LogP contribution is -2.49. The maximum atomic E-state index is 14.6. The molecule has 0 radical (unpaired) electrons. The van der Waals surface area contributed by atoms with Crippen LogP contribution in [-0.2, 0) is 15.5 Å². The number of anilines is 3. The normalized spacial score (nSPS) is 23.5. The van der Waals surface area contributed by atoms with Crippen LogP contribution in [0.15, 0.2) is 34.3 Å². The molecule has 32 heavy (non-hydrogen) atoms. The molecule has 1 aromatic heterocycles. The molecule has 170 valence electrons. The van der Waals surface area contributed by atoms with Gasteiger partial charge in [0.2, 0.25) is 6.41 Å². The Morgan fingerprint density at radius 2 is 2.06 bits per heavy atom. The van der Waals surface area contributed by atoms with Crippen molar-refractivity contribution in [3.05, 3.63) is 30.0 Å². The number of nitrogens with two attached hydrogens (primary N) is 2. The number of carbonyl (C=O) groups excluding carboxylic acids is 1. The van der Waals surface area contributed by atoms with Gasteiger partial charge in [-0.1, -0.05) is 17.8 Å². The number of carbonyl (C=O) groups is 1. The highest BCUT2D eigenvalue weighted by molar-refractivity contribution is 7.99. The number of piperidine rings is 1. The van der Waals surface area contributed by atoms with E-state index in [1.54, 1.807) is 18.3 Å². The number of alkyl halides is 2. The lowest BCUT2D eigenvalue weighted by atomic mass is 9.75. The molecule has 0 saturated carbocycles. The SMILES string of the molecule is Nc1nc(N2CCC3(CC2)COCC3N)cnc1Sc1cccc2c1C(F)(F)CN2C=O. The van der Waals surface area contributed by atoms with Crippen LogP contribution in [0.3, 0.4) is 0 Å². The second-order valence-electron chi connectivity index (χ2n) is 8.58. The second-order valence-corrected chi connectivity index (χ2v) is 9.61. The Morgan fingerprint density at radius 3 is 2.72 bits per heavy atom. The molecule has 1 unspecified atom stereocenters. The first kappa shape index (κ1) is 21.4. The third-order valence-corrected chi connectivity index (χ3v) is 7.76. The quantitative estimate of drug-likeness (QED) is 0.666. The molecule has 8 nitrogen and oxygen atoms in total. The van der Waals surface area contributed by atoms with E-state index < -0.39 is 12.5 Å². The van der Waals surface area contributed by atoms with E-state index >= 15 is 0 Å². The van der Waals surface area contributed by atoms with Crippen molar-refractivity contribution < 1.29 is 18.3 Å². The monoisotopic (exact) mass is 462 g/mol. The summed E-state index contributed by atoms with van der Waals surface area (Å²) in [5.74, 6) is -2.30. The molecule has 5 rings (SSSR count). The first-order valence-electron chi connectivity index (χ1n) is 10.4. The molecule has 3 aliphatic rings. The van der Waals surface area contributed by atoms with Crippen molar-refractivity contribution in [3.8, 4) is 0 Å². The van der Waals surface area contributed by atoms with E-state index in [1.165, 1.54) is 6.07 Å². The number of rotatable bonds is 4. The first-order valence-corrected chi connectivity index (χ1v) is 11.3. The minimum Gasteiger partial charge on any atom is -0.381 e. The fourth-order valence-electron chi connectivity index (χ4n) is 4.77. The van der Waals surface area contributed by atoms with E-state index in [4.69, 9.17) is 16.2 Å². The van der Waals surface area contributed by atoms with E-state index in [1.807, 2.05) is 0 Å². The van der Waals surface area contributed by atoms with E-state index in [0.717, 1.165) is 42.6 Å². The summed E-state index contributed by atoms with van der Waals surface area (Å²) in [5.41, 5.74) is 12.5. The summed E-state index contributed by atoms with van der Waals surface area (Å²) < 4.78 is 34.8. The molecule has 4 N–H and O–H groups in total.